The molecule has 1 unspecified atom stereocenters. The van der Waals surface area contributed by atoms with Gasteiger partial charge >= 0.3 is 5.97 Å². The largest absolute Gasteiger partial charge is 0.368 e. The summed E-state index contributed by atoms with van der Waals surface area (Å²) >= 11 is 0. The first-order valence-corrected chi connectivity index (χ1v) is 6.66. The van der Waals surface area contributed by atoms with Crippen LogP contribution in [0.25, 0.3) is 0 Å². The molecule has 0 aromatic carbocycles. The molecule has 0 aromatic heterocycles. The number of hydrogen-bond acceptors (Lipinski definition) is 3. The van der Waals surface area contributed by atoms with Crippen molar-refractivity contribution >= 4 is 5.97 Å². The van der Waals surface area contributed by atoms with Crippen LogP contribution in [0.1, 0.15) is 59.8 Å². The van der Waals surface area contributed by atoms with E-state index >= 15 is 0 Å². The smallest absolute Gasteiger partial charge is 0.293 e. The molecule has 0 radical (unpaired) electrons. The van der Waals surface area contributed by atoms with Crippen molar-refractivity contribution in [2.75, 3.05) is 6.61 Å². The van der Waals surface area contributed by atoms with E-state index in [2.05, 4.69) is 13.8 Å². The minimum absolute atomic E-state index is 0.378. The van der Waals surface area contributed by atoms with Crippen LogP contribution in [-0.4, -0.2) is 12.6 Å². The second kappa shape index (κ2) is 10.3. The maximum Gasteiger partial charge on any atom is 0.368 e. The number of carbonyl (C=O) groups is 1. The first kappa shape index (κ1) is 16.2. The molecule has 17 heavy (non-hydrogen) atoms. The molecule has 0 rings (SSSR count). The Kier molecular flexibility index (Phi) is 9.83. The third-order valence-corrected chi connectivity index (χ3v) is 2.81. The van der Waals surface area contributed by atoms with E-state index in [0.717, 1.165) is 19.3 Å². The predicted octanol–water partition coefficient (Wildman–Crippen LogP) is 4.03. The van der Waals surface area contributed by atoms with Gasteiger partial charge in [-0.25, -0.2) is 4.79 Å². The summed E-state index contributed by atoms with van der Waals surface area (Å²) in [6, 6.07) is 0. The molecule has 0 saturated heterocycles. The summed E-state index contributed by atoms with van der Waals surface area (Å²) in [6.45, 7) is 8.53. The highest BCUT2D eigenvalue weighted by Gasteiger charge is 2.10. The average Bonchev–Trinajstić information content (AvgIpc) is 2.33. The van der Waals surface area contributed by atoms with Crippen molar-refractivity contribution in [1.82, 2.24) is 0 Å². The van der Waals surface area contributed by atoms with E-state index in [9.17, 15) is 4.79 Å². The molecule has 0 bridgehead atoms. The van der Waals surface area contributed by atoms with Gasteiger partial charge in [-0.2, -0.15) is 4.89 Å². The Balaban J connectivity index is 3.80. The van der Waals surface area contributed by atoms with E-state index in [4.69, 9.17) is 9.78 Å². The third kappa shape index (κ3) is 7.97. The zero-order chi connectivity index (χ0) is 13.1. The van der Waals surface area contributed by atoms with Gasteiger partial charge in [0.15, 0.2) is 0 Å². The van der Waals surface area contributed by atoms with Crippen LogP contribution in [0, 0.1) is 5.92 Å². The van der Waals surface area contributed by atoms with Gasteiger partial charge in [0.2, 0.25) is 0 Å². The van der Waals surface area contributed by atoms with Crippen LogP contribution in [0.3, 0.4) is 0 Å². The zero-order valence-electron chi connectivity index (χ0n) is 11.6. The van der Waals surface area contributed by atoms with Gasteiger partial charge in [-0.1, -0.05) is 46.1 Å². The summed E-state index contributed by atoms with van der Waals surface area (Å²) in [4.78, 5) is 21.2. The number of unbranched alkanes of at least 4 members (excludes halogenated alkanes) is 1. The Bertz CT molecular complexity index is 234. The lowest BCUT2D eigenvalue weighted by atomic mass is 10.0. The fourth-order valence-electron chi connectivity index (χ4n) is 1.54. The first-order valence-electron chi connectivity index (χ1n) is 6.66. The van der Waals surface area contributed by atoms with Gasteiger partial charge in [0.05, 0.1) is 6.61 Å². The summed E-state index contributed by atoms with van der Waals surface area (Å²) in [5.41, 5.74) is 0.606. The van der Waals surface area contributed by atoms with Crippen LogP contribution in [-0.2, 0) is 14.6 Å². The van der Waals surface area contributed by atoms with Gasteiger partial charge in [-0.05, 0) is 25.7 Å². The van der Waals surface area contributed by atoms with Crippen LogP contribution in [0.2, 0.25) is 0 Å². The summed E-state index contributed by atoms with van der Waals surface area (Å²) in [7, 11) is 0. The molecular formula is C14H26O3. The Morgan fingerprint density at radius 1 is 1.29 bits per heavy atom. The highest BCUT2D eigenvalue weighted by molar-refractivity contribution is 5.87. The molecule has 0 aliphatic heterocycles. The molecule has 3 nitrogen and oxygen atoms in total. The molecule has 0 spiro atoms. The quantitative estimate of drug-likeness (QED) is 0.348. The normalized spacial score (nSPS) is 13.5. The number of rotatable bonds is 9. The molecule has 0 aliphatic carbocycles. The second-order valence-electron chi connectivity index (χ2n) is 4.37. The van der Waals surface area contributed by atoms with E-state index in [1.165, 1.54) is 12.8 Å². The number of allylic oxidation sites excluding steroid dienone is 1. The molecule has 100 valence electrons. The Morgan fingerprint density at radius 2 is 2.00 bits per heavy atom. The van der Waals surface area contributed by atoms with Gasteiger partial charge in [0, 0.05) is 5.57 Å². The van der Waals surface area contributed by atoms with E-state index in [1.807, 2.05) is 13.0 Å². The fraction of sp³-hybridized carbons (Fsp3) is 0.786. The van der Waals surface area contributed by atoms with Crippen LogP contribution in [0.5, 0.6) is 0 Å². The Morgan fingerprint density at radius 3 is 2.53 bits per heavy atom. The minimum atomic E-state index is -0.378. The van der Waals surface area contributed by atoms with Crippen molar-refractivity contribution in [2.24, 2.45) is 5.92 Å². The predicted molar refractivity (Wildman–Crippen MR) is 69.4 cm³/mol. The van der Waals surface area contributed by atoms with E-state index in [-0.39, 0.29) is 5.97 Å². The van der Waals surface area contributed by atoms with Gasteiger partial charge in [0.1, 0.15) is 0 Å². The second-order valence-corrected chi connectivity index (χ2v) is 4.37. The van der Waals surface area contributed by atoms with E-state index < -0.39 is 0 Å². The molecule has 0 aromatic rings. The molecule has 0 aliphatic rings. The Labute approximate surface area is 105 Å². The summed E-state index contributed by atoms with van der Waals surface area (Å²) in [6.07, 6.45) is 7.24. The highest BCUT2D eigenvalue weighted by atomic mass is 17.2. The SMILES string of the molecule is CCC=C(C)C(=O)OOCC(CC)CCCC. The zero-order valence-corrected chi connectivity index (χ0v) is 11.6. The van der Waals surface area contributed by atoms with Crippen molar-refractivity contribution in [3.8, 4) is 0 Å². The summed E-state index contributed by atoms with van der Waals surface area (Å²) in [5, 5.41) is 0. The number of carbonyl (C=O) groups excluding carboxylic acids is 1. The standard InChI is InChI=1S/C14H26O3/c1-5-8-10-13(7-3)11-16-17-14(15)12(4)9-6-2/h9,13H,5-8,10-11H2,1-4H3. The van der Waals surface area contributed by atoms with Crippen molar-refractivity contribution in [3.63, 3.8) is 0 Å². The lowest BCUT2D eigenvalue weighted by Crippen LogP contribution is -2.13. The van der Waals surface area contributed by atoms with Crippen molar-refractivity contribution in [2.45, 2.75) is 59.8 Å². The van der Waals surface area contributed by atoms with Crippen LogP contribution in [0.15, 0.2) is 11.6 Å². The maximum atomic E-state index is 11.4. The summed E-state index contributed by atoms with van der Waals surface area (Å²) < 4.78 is 0. The van der Waals surface area contributed by atoms with Crippen molar-refractivity contribution in [1.29, 1.82) is 0 Å². The van der Waals surface area contributed by atoms with E-state index in [0.29, 0.717) is 18.1 Å². The van der Waals surface area contributed by atoms with E-state index in [1.54, 1.807) is 6.92 Å². The van der Waals surface area contributed by atoms with Crippen LogP contribution in [0.4, 0.5) is 0 Å². The third-order valence-electron chi connectivity index (χ3n) is 2.81. The van der Waals surface area contributed by atoms with Gasteiger partial charge < -0.3 is 0 Å². The first-order chi connectivity index (χ1) is 8.15. The van der Waals surface area contributed by atoms with Crippen molar-refractivity contribution in [3.05, 3.63) is 11.6 Å². The minimum Gasteiger partial charge on any atom is -0.293 e. The van der Waals surface area contributed by atoms with Gasteiger partial charge in [-0.3, -0.25) is 4.89 Å². The lowest BCUT2D eigenvalue weighted by Gasteiger charge is -2.13. The van der Waals surface area contributed by atoms with Gasteiger partial charge in [0.25, 0.3) is 0 Å². The van der Waals surface area contributed by atoms with Crippen LogP contribution < -0.4 is 0 Å². The molecule has 1 atom stereocenters. The molecule has 0 saturated carbocycles. The maximum absolute atomic E-state index is 11.4. The van der Waals surface area contributed by atoms with Crippen LogP contribution >= 0.6 is 0 Å². The monoisotopic (exact) mass is 242 g/mol. The molecule has 3 heteroatoms. The molecule has 0 N–H and O–H groups in total. The fourth-order valence-corrected chi connectivity index (χ4v) is 1.54. The molecule has 0 fully saturated rings. The Hall–Kier alpha value is -0.830. The lowest BCUT2D eigenvalue weighted by molar-refractivity contribution is -0.274. The summed E-state index contributed by atoms with van der Waals surface area (Å²) in [5.74, 6) is 0.107. The van der Waals surface area contributed by atoms with Crippen molar-refractivity contribution < 1.29 is 14.6 Å². The number of hydrogen-bond donors (Lipinski definition) is 0. The molecule has 0 heterocycles. The molecule has 0 amide bonds. The highest BCUT2D eigenvalue weighted by Crippen LogP contribution is 2.13. The van der Waals surface area contributed by atoms with Gasteiger partial charge in [-0.15, -0.1) is 0 Å². The average molecular weight is 242 g/mol. The topological polar surface area (TPSA) is 35.5 Å². The molecular weight excluding hydrogens is 216 g/mol.